The molecule has 0 heterocycles. The van der Waals surface area contributed by atoms with Crippen LogP contribution in [0, 0.1) is 11.8 Å². The lowest BCUT2D eigenvalue weighted by Gasteiger charge is -2.42. The number of rotatable bonds is 22. The number of allylic oxidation sites excluding steroid dienone is 3. The molecule has 0 bridgehead atoms. The fourth-order valence-electron chi connectivity index (χ4n) is 7.81. The summed E-state index contributed by atoms with van der Waals surface area (Å²) in [6, 6.07) is 13.7. The summed E-state index contributed by atoms with van der Waals surface area (Å²) >= 11 is 0. The van der Waals surface area contributed by atoms with Gasteiger partial charge in [0, 0.05) is 6.04 Å². The topological polar surface area (TPSA) is 3.24 Å². The lowest BCUT2D eigenvalue weighted by molar-refractivity contribution is 0.185. The standard InChI is InChI=1S/C34H71NSi4/c1-13-22-36(7,8)25-17-28-39(29-18-26-37(9,10)23-14-2,30-19-27-38(11,12)24-15-3)31-35(6)33(5)34-21-16-20-32(34)4/h13-15,32-34H,1-3,16-31H2,4-12H3/t32?,33-,34?/m0/s1. The van der Waals surface area contributed by atoms with E-state index in [1.807, 2.05) is 0 Å². The molecule has 1 saturated carbocycles. The molecule has 1 rings (SSSR count). The molecule has 0 saturated heterocycles. The first-order valence-corrected chi connectivity index (χ1v) is 29.7. The molecule has 228 valence electrons. The van der Waals surface area contributed by atoms with E-state index in [0.717, 1.165) is 17.9 Å². The summed E-state index contributed by atoms with van der Waals surface area (Å²) < 4.78 is 0. The molecule has 1 fully saturated rings. The molecule has 0 radical (unpaired) electrons. The highest BCUT2D eigenvalue weighted by atomic mass is 28.3. The summed E-state index contributed by atoms with van der Waals surface area (Å²) in [5, 5.41) is 0. The van der Waals surface area contributed by atoms with Gasteiger partial charge in [0.05, 0.1) is 32.3 Å². The second-order valence-electron chi connectivity index (χ2n) is 16.3. The monoisotopic (exact) mass is 605 g/mol. The second-order valence-corrected chi connectivity index (χ2v) is 36.8. The van der Waals surface area contributed by atoms with Gasteiger partial charge in [-0.05, 0) is 56.5 Å². The van der Waals surface area contributed by atoms with E-state index in [1.165, 1.54) is 81.0 Å². The van der Waals surface area contributed by atoms with Gasteiger partial charge >= 0.3 is 0 Å². The van der Waals surface area contributed by atoms with Crippen LogP contribution in [-0.2, 0) is 0 Å². The lowest BCUT2D eigenvalue weighted by atomic mass is 9.91. The molecule has 0 spiro atoms. The third-order valence-corrected chi connectivity index (χ3v) is 25.3. The van der Waals surface area contributed by atoms with Gasteiger partial charge in [0.1, 0.15) is 0 Å². The Balaban J connectivity index is 3.19. The van der Waals surface area contributed by atoms with Crippen LogP contribution in [-0.4, -0.2) is 56.5 Å². The molecule has 39 heavy (non-hydrogen) atoms. The molecule has 0 amide bonds. The van der Waals surface area contributed by atoms with Crippen LogP contribution in [0.1, 0.15) is 52.4 Å². The average molecular weight is 606 g/mol. The Labute approximate surface area is 251 Å². The van der Waals surface area contributed by atoms with E-state index >= 15 is 0 Å². The highest BCUT2D eigenvalue weighted by molar-refractivity contribution is 6.82. The van der Waals surface area contributed by atoms with Crippen LogP contribution in [0.3, 0.4) is 0 Å². The molecule has 1 nitrogen and oxygen atoms in total. The molecule has 1 aliphatic rings. The first-order chi connectivity index (χ1) is 18.1. The van der Waals surface area contributed by atoms with Gasteiger partial charge in [-0.15, -0.1) is 19.7 Å². The number of hydrogen-bond acceptors (Lipinski definition) is 1. The smallest absolute Gasteiger partial charge is 0.0690 e. The Hall–Kier alpha value is 0.0475. The molecular weight excluding hydrogens is 535 g/mol. The Bertz CT molecular complexity index is 659. The Morgan fingerprint density at radius 1 is 0.692 bits per heavy atom. The SMILES string of the molecule is C=CC[Si](C)(C)CCC[Si](CCC[Si](C)(C)CC=C)(CCC[Si](C)(C)CC=C)CN(C)[C@@H](C)C1CCCC1C. The van der Waals surface area contributed by atoms with Crippen molar-refractivity contribution in [2.45, 2.75) is 152 Å². The Morgan fingerprint density at radius 2 is 1.08 bits per heavy atom. The van der Waals surface area contributed by atoms with E-state index in [2.05, 4.69) is 103 Å². The fourth-order valence-corrected chi connectivity index (χ4v) is 20.6. The van der Waals surface area contributed by atoms with E-state index in [9.17, 15) is 0 Å². The van der Waals surface area contributed by atoms with Crippen LogP contribution in [0.15, 0.2) is 38.0 Å². The summed E-state index contributed by atoms with van der Waals surface area (Å²) in [7, 11) is -2.40. The van der Waals surface area contributed by atoms with Crippen molar-refractivity contribution in [3.8, 4) is 0 Å². The zero-order valence-electron chi connectivity index (χ0n) is 28.3. The van der Waals surface area contributed by atoms with Gasteiger partial charge < -0.3 is 4.90 Å². The maximum Gasteiger partial charge on any atom is 0.0690 e. The van der Waals surface area contributed by atoms with Crippen LogP contribution in [0.25, 0.3) is 0 Å². The molecule has 0 aromatic carbocycles. The van der Waals surface area contributed by atoms with Crippen LogP contribution in [0.2, 0.25) is 93.7 Å². The molecule has 0 aliphatic heterocycles. The lowest BCUT2D eigenvalue weighted by Crippen LogP contribution is -2.51. The Kier molecular flexibility index (Phi) is 16.4. The highest BCUT2D eigenvalue weighted by Crippen LogP contribution is 2.38. The van der Waals surface area contributed by atoms with Crippen molar-refractivity contribution in [3.63, 3.8) is 0 Å². The molecule has 0 aromatic rings. The largest absolute Gasteiger partial charge is 0.306 e. The van der Waals surface area contributed by atoms with Crippen LogP contribution in [0.5, 0.6) is 0 Å². The van der Waals surface area contributed by atoms with Crippen LogP contribution >= 0.6 is 0 Å². The molecule has 5 heteroatoms. The van der Waals surface area contributed by atoms with Crippen molar-refractivity contribution in [1.29, 1.82) is 0 Å². The number of hydrogen-bond donors (Lipinski definition) is 0. The maximum absolute atomic E-state index is 4.09. The highest BCUT2D eigenvalue weighted by Gasteiger charge is 2.38. The van der Waals surface area contributed by atoms with Crippen molar-refractivity contribution in [2.75, 3.05) is 13.2 Å². The van der Waals surface area contributed by atoms with E-state index in [1.54, 1.807) is 18.1 Å². The third-order valence-electron chi connectivity index (χ3n) is 10.6. The van der Waals surface area contributed by atoms with E-state index in [4.69, 9.17) is 0 Å². The summed E-state index contributed by atoms with van der Waals surface area (Å²) in [4.78, 5) is 2.89. The minimum atomic E-state index is -1.45. The van der Waals surface area contributed by atoms with Crippen LogP contribution < -0.4 is 0 Å². The molecular formula is C34H71NSi4. The van der Waals surface area contributed by atoms with Gasteiger partial charge in [0.25, 0.3) is 0 Å². The van der Waals surface area contributed by atoms with Crippen LogP contribution in [0.4, 0.5) is 0 Å². The zero-order valence-corrected chi connectivity index (χ0v) is 32.3. The minimum absolute atomic E-state index is 0.735. The van der Waals surface area contributed by atoms with Gasteiger partial charge in [0.15, 0.2) is 0 Å². The van der Waals surface area contributed by atoms with Gasteiger partial charge in [-0.3, -0.25) is 0 Å². The van der Waals surface area contributed by atoms with E-state index in [-0.39, 0.29) is 0 Å². The zero-order chi connectivity index (χ0) is 29.7. The third kappa shape index (κ3) is 14.2. The van der Waals surface area contributed by atoms with Gasteiger partial charge in [-0.2, -0.15) is 0 Å². The second kappa shape index (κ2) is 17.2. The van der Waals surface area contributed by atoms with E-state index in [0.29, 0.717) is 0 Å². The first kappa shape index (κ1) is 37.1. The summed E-state index contributed by atoms with van der Waals surface area (Å²) in [6.07, 6.45) is 16.8. The molecule has 0 aromatic heterocycles. The first-order valence-electron chi connectivity index (χ1n) is 16.6. The Morgan fingerprint density at radius 3 is 1.38 bits per heavy atom. The normalized spacial score (nSPS) is 19.8. The van der Waals surface area contributed by atoms with Gasteiger partial charge in [-0.1, -0.05) is 133 Å². The van der Waals surface area contributed by atoms with Gasteiger partial charge in [0.2, 0.25) is 0 Å². The van der Waals surface area contributed by atoms with Crippen molar-refractivity contribution in [3.05, 3.63) is 38.0 Å². The van der Waals surface area contributed by atoms with Crippen molar-refractivity contribution in [2.24, 2.45) is 11.8 Å². The van der Waals surface area contributed by atoms with E-state index < -0.39 is 32.3 Å². The quantitative estimate of drug-likeness (QED) is 0.0876. The van der Waals surface area contributed by atoms with Gasteiger partial charge in [-0.25, -0.2) is 0 Å². The predicted octanol–water partition coefficient (Wildman–Crippen LogP) is 11.6. The molecule has 3 atom stereocenters. The fraction of sp³-hybridized carbons (Fsp3) is 0.824. The maximum atomic E-state index is 4.09. The van der Waals surface area contributed by atoms with Crippen molar-refractivity contribution < 1.29 is 0 Å². The molecule has 1 aliphatic carbocycles. The molecule has 2 unspecified atom stereocenters. The predicted molar refractivity (Wildman–Crippen MR) is 195 cm³/mol. The van der Waals surface area contributed by atoms with Crippen molar-refractivity contribution in [1.82, 2.24) is 4.90 Å². The minimum Gasteiger partial charge on any atom is -0.306 e. The average Bonchev–Trinajstić information content (AvgIpc) is 3.23. The number of nitrogens with zero attached hydrogens (tertiary/aromatic N) is 1. The summed E-state index contributed by atoms with van der Waals surface area (Å²) in [6.45, 7) is 33.0. The summed E-state index contributed by atoms with van der Waals surface area (Å²) in [5.74, 6) is 1.80. The molecule has 0 N–H and O–H groups in total. The van der Waals surface area contributed by atoms with Crippen molar-refractivity contribution >= 4 is 32.3 Å². The summed E-state index contributed by atoms with van der Waals surface area (Å²) in [5.41, 5.74) is 0.